The summed E-state index contributed by atoms with van der Waals surface area (Å²) in [4.78, 5) is 0. The van der Waals surface area contributed by atoms with Crippen molar-refractivity contribution in [1.29, 1.82) is 0 Å². The SMILES string of the molecule is CC(CCC(C)C(C)C)CC1CCC(C)C(C)C1.CC1CCC(CC2CCC(C)CC2)CC1. The summed E-state index contributed by atoms with van der Waals surface area (Å²) in [7, 11) is 0. The van der Waals surface area contributed by atoms with Crippen molar-refractivity contribution in [2.24, 2.45) is 59.2 Å². The van der Waals surface area contributed by atoms with E-state index < -0.39 is 0 Å². The zero-order valence-corrected chi connectivity index (χ0v) is 24.4. The van der Waals surface area contributed by atoms with Crippen LogP contribution in [0.5, 0.6) is 0 Å². The Morgan fingerprint density at radius 2 is 1.03 bits per heavy atom. The van der Waals surface area contributed by atoms with Crippen LogP contribution in [0.2, 0.25) is 0 Å². The van der Waals surface area contributed by atoms with Gasteiger partial charge < -0.3 is 0 Å². The van der Waals surface area contributed by atoms with E-state index in [9.17, 15) is 0 Å². The van der Waals surface area contributed by atoms with Crippen LogP contribution in [0.25, 0.3) is 0 Å². The zero-order valence-electron chi connectivity index (χ0n) is 24.4. The number of rotatable bonds is 8. The van der Waals surface area contributed by atoms with Gasteiger partial charge in [-0.1, -0.05) is 132 Å². The van der Waals surface area contributed by atoms with Crippen molar-refractivity contribution >= 4 is 0 Å². The highest BCUT2D eigenvalue weighted by molar-refractivity contribution is 4.78. The normalized spacial score (nSPS) is 37.2. The molecule has 33 heavy (non-hydrogen) atoms. The van der Waals surface area contributed by atoms with Crippen LogP contribution in [0.15, 0.2) is 0 Å². The van der Waals surface area contributed by atoms with Crippen LogP contribution >= 0.6 is 0 Å². The minimum Gasteiger partial charge on any atom is -0.0625 e. The van der Waals surface area contributed by atoms with Gasteiger partial charge in [0, 0.05) is 0 Å². The molecule has 0 aromatic heterocycles. The van der Waals surface area contributed by atoms with E-state index in [2.05, 4.69) is 55.4 Å². The van der Waals surface area contributed by atoms with E-state index in [0.29, 0.717) is 0 Å². The summed E-state index contributed by atoms with van der Waals surface area (Å²) in [6.07, 6.45) is 22.6. The molecule has 0 heteroatoms. The van der Waals surface area contributed by atoms with Gasteiger partial charge >= 0.3 is 0 Å². The molecule has 0 saturated heterocycles. The van der Waals surface area contributed by atoms with Gasteiger partial charge in [0.15, 0.2) is 0 Å². The minimum atomic E-state index is 0.854. The molecule has 0 bridgehead atoms. The first-order chi connectivity index (χ1) is 15.6. The summed E-state index contributed by atoms with van der Waals surface area (Å²) < 4.78 is 0. The second kappa shape index (κ2) is 15.2. The van der Waals surface area contributed by atoms with E-state index in [1.807, 2.05) is 0 Å². The van der Waals surface area contributed by atoms with Crippen LogP contribution < -0.4 is 0 Å². The molecule has 0 spiro atoms. The van der Waals surface area contributed by atoms with Crippen LogP contribution in [0, 0.1) is 59.2 Å². The molecule has 0 aromatic rings. The van der Waals surface area contributed by atoms with Gasteiger partial charge in [0.1, 0.15) is 0 Å². The predicted octanol–water partition coefficient (Wildman–Crippen LogP) is 11.2. The Balaban J connectivity index is 0.000000237. The van der Waals surface area contributed by atoms with E-state index in [-0.39, 0.29) is 0 Å². The third kappa shape index (κ3) is 11.5. The monoisotopic (exact) mass is 461 g/mol. The molecular formula is C33H64. The van der Waals surface area contributed by atoms with E-state index >= 15 is 0 Å². The summed E-state index contributed by atoms with van der Waals surface area (Å²) in [5.41, 5.74) is 0. The Hall–Kier alpha value is 0. The summed E-state index contributed by atoms with van der Waals surface area (Å²) in [6, 6.07) is 0. The standard InChI is InChI=1S/C18H36.C15H28/c1-13(2)15(4)8-7-14(3)11-18-10-9-16(5)17(6)12-18;1-12-3-7-14(8-4-12)11-15-9-5-13(2)6-10-15/h13-18H,7-12H2,1-6H3;12-15H,3-11H2,1-2H3. The molecule has 0 amide bonds. The number of hydrogen-bond donors (Lipinski definition) is 0. The van der Waals surface area contributed by atoms with Crippen molar-refractivity contribution in [2.45, 2.75) is 152 Å². The minimum absolute atomic E-state index is 0.854. The molecule has 0 heterocycles. The molecule has 0 aliphatic heterocycles. The van der Waals surface area contributed by atoms with Crippen molar-refractivity contribution < 1.29 is 0 Å². The van der Waals surface area contributed by atoms with E-state index in [1.165, 1.54) is 89.9 Å². The first-order valence-corrected chi connectivity index (χ1v) is 15.6. The van der Waals surface area contributed by atoms with Crippen molar-refractivity contribution in [2.75, 3.05) is 0 Å². The first-order valence-electron chi connectivity index (χ1n) is 15.6. The zero-order chi connectivity index (χ0) is 24.4. The van der Waals surface area contributed by atoms with E-state index in [0.717, 1.165) is 59.2 Å². The fourth-order valence-electron chi connectivity index (χ4n) is 7.04. The van der Waals surface area contributed by atoms with Gasteiger partial charge in [0.05, 0.1) is 0 Å². The molecule has 3 rings (SSSR count). The fraction of sp³-hybridized carbons (Fsp3) is 1.00. The molecule has 3 saturated carbocycles. The van der Waals surface area contributed by atoms with Crippen LogP contribution in [0.1, 0.15) is 152 Å². The summed E-state index contributed by atoms with van der Waals surface area (Å²) >= 11 is 0. The molecule has 0 nitrogen and oxygen atoms in total. The van der Waals surface area contributed by atoms with Crippen molar-refractivity contribution in [3.05, 3.63) is 0 Å². The molecule has 3 aliphatic rings. The Morgan fingerprint density at radius 3 is 1.48 bits per heavy atom. The Morgan fingerprint density at radius 1 is 0.545 bits per heavy atom. The highest BCUT2D eigenvalue weighted by atomic mass is 14.3. The lowest BCUT2D eigenvalue weighted by Gasteiger charge is -2.33. The second-order valence-electron chi connectivity index (χ2n) is 14.3. The summed E-state index contributed by atoms with van der Waals surface area (Å²) in [5.74, 6) is 9.89. The van der Waals surface area contributed by atoms with Gasteiger partial charge in [-0.05, 0) is 78.4 Å². The first kappa shape index (κ1) is 29.2. The molecule has 0 N–H and O–H groups in total. The van der Waals surface area contributed by atoms with Gasteiger partial charge in [0.25, 0.3) is 0 Å². The van der Waals surface area contributed by atoms with Crippen LogP contribution in [-0.2, 0) is 0 Å². The Labute approximate surface area is 210 Å². The Bertz CT molecular complexity index is 456. The quantitative estimate of drug-likeness (QED) is 0.338. The van der Waals surface area contributed by atoms with Gasteiger partial charge in [0.2, 0.25) is 0 Å². The van der Waals surface area contributed by atoms with E-state index in [1.54, 1.807) is 6.42 Å². The van der Waals surface area contributed by atoms with Gasteiger partial charge in [-0.3, -0.25) is 0 Å². The molecule has 196 valence electrons. The third-order valence-corrected chi connectivity index (χ3v) is 10.6. The van der Waals surface area contributed by atoms with Crippen molar-refractivity contribution in [3.63, 3.8) is 0 Å². The van der Waals surface area contributed by atoms with Crippen LogP contribution in [0.4, 0.5) is 0 Å². The molecule has 5 atom stereocenters. The molecule has 0 aromatic carbocycles. The van der Waals surface area contributed by atoms with Gasteiger partial charge in [-0.2, -0.15) is 0 Å². The highest BCUT2D eigenvalue weighted by Crippen LogP contribution is 2.39. The topological polar surface area (TPSA) is 0 Å². The molecule has 3 aliphatic carbocycles. The maximum Gasteiger partial charge on any atom is -0.0409 e. The largest absolute Gasteiger partial charge is 0.0625 e. The lowest BCUT2D eigenvalue weighted by atomic mass is 9.72. The molecule has 3 fully saturated rings. The average Bonchev–Trinajstić information content (AvgIpc) is 2.78. The summed E-state index contributed by atoms with van der Waals surface area (Å²) in [5, 5.41) is 0. The lowest BCUT2D eigenvalue weighted by molar-refractivity contribution is 0.180. The average molecular weight is 461 g/mol. The van der Waals surface area contributed by atoms with Gasteiger partial charge in [-0.25, -0.2) is 0 Å². The lowest BCUT2D eigenvalue weighted by Crippen LogP contribution is -2.22. The third-order valence-electron chi connectivity index (χ3n) is 10.6. The predicted molar refractivity (Wildman–Crippen MR) is 150 cm³/mol. The summed E-state index contributed by atoms with van der Waals surface area (Å²) in [6.45, 7) is 19.4. The van der Waals surface area contributed by atoms with Gasteiger partial charge in [-0.15, -0.1) is 0 Å². The maximum absolute atomic E-state index is 2.48. The smallest absolute Gasteiger partial charge is 0.0409 e. The molecule has 0 radical (unpaired) electrons. The van der Waals surface area contributed by atoms with Crippen LogP contribution in [0.3, 0.4) is 0 Å². The maximum atomic E-state index is 2.48. The van der Waals surface area contributed by atoms with Crippen molar-refractivity contribution in [1.82, 2.24) is 0 Å². The second-order valence-corrected chi connectivity index (χ2v) is 14.3. The van der Waals surface area contributed by atoms with Crippen molar-refractivity contribution in [3.8, 4) is 0 Å². The fourth-order valence-corrected chi connectivity index (χ4v) is 7.04. The Kier molecular flexibility index (Phi) is 13.5. The molecule has 5 unspecified atom stereocenters. The molecular weight excluding hydrogens is 396 g/mol. The number of hydrogen-bond acceptors (Lipinski definition) is 0. The van der Waals surface area contributed by atoms with E-state index in [4.69, 9.17) is 0 Å². The highest BCUT2D eigenvalue weighted by Gasteiger charge is 2.26. The van der Waals surface area contributed by atoms with Crippen LogP contribution in [-0.4, -0.2) is 0 Å².